The van der Waals surface area contributed by atoms with Crippen molar-refractivity contribution in [1.82, 2.24) is 5.32 Å². The molecule has 1 nitrogen and oxygen atoms in total. The number of rotatable bonds is 1. The summed E-state index contributed by atoms with van der Waals surface area (Å²) in [5.41, 5.74) is 1.41. The van der Waals surface area contributed by atoms with Gasteiger partial charge >= 0.3 is 0 Å². The van der Waals surface area contributed by atoms with Gasteiger partial charge in [-0.1, -0.05) is 12.1 Å². The Morgan fingerprint density at radius 3 is 3.00 bits per heavy atom. The highest BCUT2D eigenvalue weighted by Crippen LogP contribution is 2.37. The Morgan fingerprint density at radius 2 is 2.24 bits per heavy atom. The minimum Gasteiger partial charge on any atom is -0.314 e. The maximum Gasteiger partial charge on any atom is 0.0348 e. The smallest absolute Gasteiger partial charge is 0.0348 e. The average Bonchev–Trinajstić information content (AvgIpc) is 2.74. The molecule has 1 aromatic heterocycles. The number of nitrogens with one attached hydrogen (secondary N) is 1. The summed E-state index contributed by atoms with van der Waals surface area (Å²) in [6, 6.07) is 9.73. The van der Waals surface area contributed by atoms with Gasteiger partial charge in [0.15, 0.2) is 0 Å². The summed E-state index contributed by atoms with van der Waals surface area (Å²) in [5.74, 6) is 0.767. The molecular formula is C15H19NS. The molecule has 0 saturated carbocycles. The summed E-state index contributed by atoms with van der Waals surface area (Å²) in [4.78, 5) is 1.59. The van der Waals surface area contributed by atoms with Crippen LogP contribution in [0.4, 0.5) is 0 Å². The predicted octanol–water partition coefficient (Wildman–Crippen LogP) is 4.07. The molecule has 0 bridgehead atoms. The van der Waals surface area contributed by atoms with E-state index in [1.54, 1.807) is 4.88 Å². The van der Waals surface area contributed by atoms with Crippen molar-refractivity contribution < 1.29 is 0 Å². The third-order valence-electron chi connectivity index (χ3n) is 3.82. The maximum absolute atomic E-state index is 3.53. The van der Waals surface area contributed by atoms with Gasteiger partial charge in [0, 0.05) is 15.6 Å². The van der Waals surface area contributed by atoms with E-state index in [1.165, 1.54) is 35.0 Å². The zero-order valence-electron chi connectivity index (χ0n) is 10.5. The molecule has 2 heterocycles. The Morgan fingerprint density at radius 1 is 1.35 bits per heavy atom. The molecule has 1 saturated heterocycles. The molecule has 3 rings (SSSR count). The van der Waals surface area contributed by atoms with Crippen molar-refractivity contribution in [1.29, 1.82) is 0 Å². The van der Waals surface area contributed by atoms with E-state index < -0.39 is 0 Å². The van der Waals surface area contributed by atoms with Crippen LogP contribution in [0, 0.1) is 6.92 Å². The van der Waals surface area contributed by atoms with Crippen molar-refractivity contribution in [3.05, 3.63) is 34.7 Å². The molecule has 2 heteroatoms. The zero-order valence-corrected chi connectivity index (χ0v) is 11.3. The fourth-order valence-electron chi connectivity index (χ4n) is 2.82. The molecular weight excluding hydrogens is 226 g/mol. The van der Waals surface area contributed by atoms with Crippen molar-refractivity contribution in [3.8, 4) is 0 Å². The second-order valence-corrected chi connectivity index (χ2v) is 6.33. The maximum atomic E-state index is 3.53. The Balaban J connectivity index is 1.97. The highest BCUT2D eigenvalue weighted by atomic mass is 32.1. The van der Waals surface area contributed by atoms with Gasteiger partial charge in [-0.3, -0.25) is 0 Å². The van der Waals surface area contributed by atoms with Crippen molar-refractivity contribution in [2.45, 2.75) is 38.6 Å². The molecule has 0 radical (unpaired) electrons. The number of hydrogen-bond donors (Lipinski definition) is 1. The summed E-state index contributed by atoms with van der Waals surface area (Å²) in [6.45, 7) is 5.67. The number of fused-ring (bicyclic) bond motifs is 1. The van der Waals surface area contributed by atoms with Crippen LogP contribution in [0.5, 0.6) is 0 Å². The van der Waals surface area contributed by atoms with Crippen LogP contribution in [0.2, 0.25) is 0 Å². The minimum absolute atomic E-state index is 0.667. The van der Waals surface area contributed by atoms with Gasteiger partial charge in [0.1, 0.15) is 0 Å². The Kier molecular flexibility index (Phi) is 2.93. The first-order chi connectivity index (χ1) is 8.24. The molecule has 2 atom stereocenters. The van der Waals surface area contributed by atoms with E-state index in [0.717, 1.165) is 5.92 Å². The van der Waals surface area contributed by atoms with E-state index >= 15 is 0 Å². The van der Waals surface area contributed by atoms with E-state index in [9.17, 15) is 0 Å². The Hall–Kier alpha value is -0.860. The van der Waals surface area contributed by atoms with Crippen LogP contribution in [-0.2, 0) is 0 Å². The van der Waals surface area contributed by atoms with Crippen molar-refractivity contribution in [2.24, 2.45) is 0 Å². The second-order valence-electron chi connectivity index (χ2n) is 5.21. The quantitative estimate of drug-likeness (QED) is 0.798. The van der Waals surface area contributed by atoms with Crippen LogP contribution in [0.1, 0.15) is 36.1 Å². The van der Waals surface area contributed by atoms with E-state index in [0.29, 0.717) is 6.04 Å². The van der Waals surface area contributed by atoms with Gasteiger partial charge in [-0.2, -0.15) is 0 Å². The average molecular weight is 245 g/mol. The van der Waals surface area contributed by atoms with Gasteiger partial charge in [0.05, 0.1) is 0 Å². The first-order valence-electron chi connectivity index (χ1n) is 6.46. The van der Waals surface area contributed by atoms with Gasteiger partial charge in [-0.15, -0.1) is 11.3 Å². The number of hydrogen-bond acceptors (Lipinski definition) is 2. The molecule has 1 fully saturated rings. The van der Waals surface area contributed by atoms with Gasteiger partial charge in [0.2, 0.25) is 0 Å². The van der Waals surface area contributed by atoms with E-state index in [4.69, 9.17) is 0 Å². The third-order valence-corrected chi connectivity index (χ3v) is 5.09. The van der Waals surface area contributed by atoms with Crippen LogP contribution in [0.15, 0.2) is 24.3 Å². The molecule has 0 spiro atoms. The normalized spacial score (nSPS) is 25.3. The number of thiophene rings is 1. The van der Waals surface area contributed by atoms with Crippen LogP contribution in [0.3, 0.4) is 0 Å². The summed E-state index contributed by atoms with van der Waals surface area (Å²) in [7, 11) is 0. The van der Waals surface area contributed by atoms with Gasteiger partial charge in [-0.05, 0) is 62.2 Å². The number of aryl methyl sites for hydroxylation is 1. The highest BCUT2D eigenvalue weighted by Gasteiger charge is 2.21. The second kappa shape index (κ2) is 4.43. The third kappa shape index (κ3) is 2.12. The summed E-state index contributed by atoms with van der Waals surface area (Å²) in [5, 5.41) is 4.99. The molecule has 17 heavy (non-hydrogen) atoms. The molecule has 2 aromatic rings. The zero-order chi connectivity index (χ0) is 11.8. The molecule has 0 amide bonds. The standard InChI is InChI=1S/C15H19NS/c1-10-4-3-5-14-13(10)9-15(17-14)12-6-7-16-11(2)8-12/h3-5,9,11-12,16H,6-8H2,1-2H3/t11-,12+/m0/s1. The Labute approximate surface area is 107 Å². The first kappa shape index (κ1) is 11.2. The first-order valence-corrected chi connectivity index (χ1v) is 7.28. The van der Waals surface area contributed by atoms with Crippen molar-refractivity contribution >= 4 is 21.4 Å². The van der Waals surface area contributed by atoms with E-state index in [1.807, 2.05) is 11.3 Å². The molecule has 0 aliphatic carbocycles. The summed E-state index contributed by atoms with van der Waals surface area (Å²) < 4.78 is 1.45. The van der Waals surface area contributed by atoms with Gasteiger partial charge < -0.3 is 5.32 Å². The lowest BCUT2D eigenvalue weighted by Gasteiger charge is -2.27. The monoisotopic (exact) mass is 245 g/mol. The molecule has 90 valence electrons. The van der Waals surface area contributed by atoms with Crippen molar-refractivity contribution in [2.75, 3.05) is 6.54 Å². The summed E-state index contributed by atoms with van der Waals surface area (Å²) >= 11 is 1.99. The lowest BCUT2D eigenvalue weighted by atomic mass is 9.91. The molecule has 1 aromatic carbocycles. The van der Waals surface area contributed by atoms with Crippen LogP contribution < -0.4 is 5.32 Å². The lowest BCUT2D eigenvalue weighted by Crippen LogP contribution is -2.34. The SMILES string of the molecule is Cc1cccc2sc([C@@H]3CCN[C@@H](C)C3)cc12. The fourth-order valence-corrected chi connectivity index (χ4v) is 4.11. The minimum atomic E-state index is 0.667. The van der Waals surface area contributed by atoms with Crippen LogP contribution in [-0.4, -0.2) is 12.6 Å². The number of piperidine rings is 1. The van der Waals surface area contributed by atoms with Crippen LogP contribution >= 0.6 is 11.3 Å². The summed E-state index contributed by atoms with van der Waals surface area (Å²) in [6.07, 6.45) is 2.57. The van der Waals surface area contributed by atoms with E-state index in [2.05, 4.69) is 43.4 Å². The number of benzene rings is 1. The Bertz CT molecular complexity index is 529. The largest absolute Gasteiger partial charge is 0.314 e. The van der Waals surface area contributed by atoms with Crippen LogP contribution in [0.25, 0.3) is 10.1 Å². The fraction of sp³-hybridized carbons (Fsp3) is 0.467. The topological polar surface area (TPSA) is 12.0 Å². The molecule has 0 unspecified atom stereocenters. The van der Waals surface area contributed by atoms with E-state index in [-0.39, 0.29) is 0 Å². The lowest BCUT2D eigenvalue weighted by molar-refractivity contribution is 0.384. The van der Waals surface area contributed by atoms with Gasteiger partial charge in [0.25, 0.3) is 0 Å². The van der Waals surface area contributed by atoms with Crippen molar-refractivity contribution in [3.63, 3.8) is 0 Å². The molecule has 1 aliphatic rings. The molecule has 1 aliphatic heterocycles. The molecule has 1 N–H and O–H groups in total. The van der Waals surface area contributed by atoms with Gasteiger partial charge in [-0.25, -0.2) is 0 Å². The predicted molar refractivity (Wildman–Crippen MR) is 76.0 cm³/mol. The highest BCUT2D eigenvalue weighted by molar-refractivity contribution is 7.19.